The minimum absolute atomic E-state index is 0.0894. The number of aryl methyl sites for hydroxylation is 1. The van der Waals surface area contributed by atoms with Crippen molar-refractivity contribution < 1.29 is 41.1 Å². The molecule has 5 N–H and O–H groups in total. The Hall–Kier alpha value is -5.38. The molecule has 0 saturated carbocycles. The molecule has 2 aliphatic rings. The van der Waals surface area contributed by atoms with Crippen LogP contribution in [0.1, 0.15) is 42.1 Å². The Morgan fingerprint density at radius 2 is 1.69 bits per heavy atom. The van der Waals surface area contributed by atoms with Crippen LogP contribution in [0.15, 0.2) is 76.6 Å². The van der Waals surface area contributed by atoms with E-state index in [1.807, 2.05) is 25.1 Å². The molecule has 0 fully saturated rings. The molecular formula is C33H34F3N5O7S. The molecule has 0 aliphatic carbocycles. The number of nitrogens with zero attached hydrogens (tertiary/aromatic N) is 1. The van der Waals surface area contributed by atoms with Crippen molar-refractivity contribution in [3.8, 4) is 0 Å². The SMILES string of the molecule is Cc1cc2ccc1CN(C)C(=O)Nc1ccc(S(=O)(=O)C(C)C)c(c1)CNC(=O)C2Nc1ccc2cc[nH]c(=O)c2c1.O=C(O)C(F)(F)F. The Morgan fingerprint density at radius 3 is 2.33 bits per heavy atom. The second kappa shape index (κ2) is 14.4. The summed E-state index contributed by atoms with van der Waals surface area (Å²) in [5.74, 6) is -3.15. The maximum absolute atomic E-state index is 13.8. The van der Waals surface area contributed by atoms with Gasteiger partial charge in [0.05, 0.1) is 10.1 Å². The summed E-state index contributed by atoms with van der Waals surface area (Å²) < 4.78 is 58.1. The third-order valence-corrected chi connectivity index (χ3v) is 9.99. The average Bonchev–Trinajstić information content (AvgIpc) is 3.03. The summed E-state index contributed by atoms with van der Waals surface area (Å²) in [5.41, 5.74) is 3.56. The zero-order chi connectivity index (χ0) is 36.3. The monoisotopic (exact) mass is 701 g/mol. The average molecular weight is 702 g/mol. The summed E-state index contributed by atoms with van der Waals surface area (Å²) in [4.78, 5) is 52.4. The molecule has 0 spiro atoms. The van der Waals surface area contributed by atoms with Gasteiger partial charge >= 0.3 is 18.2 Å². The molecule has 1 atom stereocenters. The fraction of sp³-hybridized carbons (Fsp3) is 0.273. The molecule has 3 heterocycles. The molecule has 1 unspecified atom stereocenters. The molecule has 49 heavy (non-hydrogen) atoms. The first kappa shape index (κ1) is 36.5. The number of sulfone groups is 1. The van der Waals surface area contributed by atoms with Gasteiger partial charge in [-0.05, 0) is 84.8 Å². The first-order valence-corrected chi connectivity index (χ1v) is 16.4. The lowest BCUT2D eigenvalue weighted by Gasteiger charge is -2.22. The second-order valence-electron chi connectivity index (χ2n) is 11.6. The van der Waals surface area contributed by atoms with Crippen LogP contribution in [0.5, 0.6) is 0 Å². The van der Waals surface area contributed by atoms with E-state index in [4.69, 9.17) is 9.90 Å². The summed E-state index contributed by atoms with van der Waals surface area (Å²) in [7, 11) is -2.01. The van der Waals surface area contributed by atoms with Crippen LogP contribution in [0.25, 0.3) is 10.8 Å². The van der Waals surface area contributed by atoms with Gasteiger partial charge in [-0.15, -0.1) is 0 Å². The van der Waals surface area contributed by atoms with Crippen molar-refractivity contribution in [2.45, 2.75) is 56.2 Å². The van der Waals surface area contributed by atoms with Gasteiger partial charge in [-0.2, -0.15) is 13.2 Å². The van der Waals surface area contributed by atoms with Crippen molar-refractivity contribution in [2.24, 2.45) is 0 Å². The highest BCUT2D eigenvalue weighted by atomic mass is 32.2. The number of carboxylic acids is 1. The van der Waals surface area contributed by atoms with Crippen molar-refractivity contribution >= 4 is 49.9 Å². The Morgan fingerprint density at radius 1 is 1.00 bits per heavy atom. The van der Waals surface area contributed by atoms with Gasteiger partial charge in [-0.3, -0.25) is 9.59 Å². The van der Waals surface area contributed by atoms with Crippen LogP contribution in [0, 0.1) is 6.92 Å². The number of aromatic nitrogens is 1. The van der Waals surface area contributed by atoms with E-state index in [1.165, 1.54) is 11.0 Å². The van der Waals surface area contributed by atoms with Crippen LogP contribution in [-0.4, -0.2) is 59.8 Å². The number of anilines is 2. The number of carboxylic acid groups (broad SMARTS) is 1. The molecule has 2 aliphatic heterocycles. The summed E-state index contributed by atoms with van der Waals surface area (Å²) in [6, 6.07) is 16.1. The summed E-state index contributed by atoms with van der Waals surface area (Å²) in [6.45, 7) is 5.34. The third-order valence-electron chi connectivity index (χ3n) is 7.74. The summed E-state index contributed by atoms with van der Waals surface area (Å²) >= 11 is 0. The van der Waals surface area contributed by atoms with Crippen LogP contribution < -0.4 is 21.5 Å². The van der Waals surface area contributed by atoms with Crippen LogP contribution in [-0.2, 0) is 32.5 Å². The van der Waals surface area contributed by atoms with Gasteiger partial charge in [0.2, 0.25) is 5.91 Å². The van der Waals surface area contributed by atoms with Crippen molar-refractivity contribution in [3.63, 3.8) is 0 Å². The number of nitrogens with one attached hydrogen (secondary N) is 4. The largest absolute Gasteiger partial charge is 0.490 e. The first-order valence-electron chi connectivity index (χ1n) is 14.8. The molecule has 1 aromatic heterocycles. The number of hydrogen-bond acceptors (Lipinski definition) is 7. The molecule has 260 valence electrons. The van der Waals surface area contributed by atoms with E-state index >= 15 is 0 Å². The highest BCUT2D eigenvalue weighted by Crippen LogP contribution is 2.28. The number of pyridine rings is 1. The number of rotatable bonds is 4. The van der Waals surface area contributed by atoms with Crippen LogP contribution in [0.2, 0.25) is 0 Å². The van der Waals surface area contributed by atoms with Crippen LogP contribution in [0.3, 0.4) is 0 Å². The minimum atomic E-state index is -5.08. The number of benzene rings is 3. The van der Waals surface area contributed by atoms with E-state index in [0.717, 1.165) is 16.5 Å². The minimum Gasteiger partial charge on any atom is -0.475 e. The Bertz CT molecular complexity index is 2080. The molecule has 3 aromatic carbocycles. The lowest BCUT2D eigenvalue weighted by atomic mass is 9.99. The zero-order valence-electron chi connectivity index (χ0n) is 26.8. The smallest absolute Gasteiger partial charge is 0.475 e. The number of carbonyl (C=O) groups is 3. The number of halogens is 3. The van der Waals surface area contributed by atoms with Gasteiger partial charge in [0.25, 0.3) is 5.56 Å². The number of aromatic amines is 1. The lowest BCUT2D eigenvalue weighted by Crippen LogP contribution is -2.34. The molecule has 16 heteroatoms. The predicted molar refractivity (Wildman–Crippen MR) is 177 cm³/mol. The fourth-order valence-electron chi connectivity index (χ4n) is 4.97. The van der Waals surface area contributed by atoms with Gasteiger partial charge in [0.1, 0.15) is 6.04 Å². The summed E-state index contributed by atoms with van der Waals surface area (Å²) in [5, 5.41) is 16.7. The molecule has 0 saturated heterocycles. The number of H-pyrrole nitrogens is 1. The van der Waals surface area contributed by atoms with Gasteiger partial charge in [-0.1, -0.05) is 24.3 Å². The number of hydrogen-bond donors (Lipinski definition) is 5. The van der Waals surface area contributed by atoms with E-state index in [0.29, 0.717) is 34.4 Å². The lowest BCUT2D eigenvalue weighted by molar-refractivity contribution is -0.192. The van der Waals surface area contributed by atoms with Gasteiger partial charge in [0, 0.05) is 43.1 Å². The summed E-state index contributed by atoms with van der Waals surface area (Å²) in [6.07, 6.45) is -3.50. The van der Waals surface area contributed by atoms with E-state index in [1.54, 1.807) is 63.5 Å². The molecule has 4 aromatic rings. The number of alkyl halides is 3. The maximum Gasteiger partial charge on any atom is 0.490 e. The van der Waals surface area contributed by atoms with Gasteiger partial charge < -0.3 is 30.9 Å². The van der Waals surface area contributed by atoms with Crippen molar-refractivity contribution in [3.05, 3.63) is 99.5 Å². The fourth-order valence-corrected chi connectivity index (χ4v) is 6.24. The van der Waals surface area contributed by atoms with Crippen LogP contribution in [0.4, 0.5) is 29.3 Å². The first-order chi connectivity index (χ1) is 22.9. The van der Waals surface area contributed by atoms with E-state index < -0.39 is 39.2 Å². The number of fused-ring (bicyclic) bond motifs is 9. The number of aliphatic carboxylic acids is 1. The standard InChI is InChI=1S/C31H33N5O5S.C2HF3O2/c1-18(2)42(40,41)27-10-9-24-14-23(27)16-33-30(38)28(34-25-8-7-20-11-12-32-29(37)26(20)15-25)21-5-6-22(19(3)13-21)17-36(4)31(39)35-24;3-2(4,5)1(6)7/h5-15,18,28,34H,16-17H2,1-4H3,(H,32,37)(H,33,38)(H,35,39);(H,6,7). The molecule has 6 rings (SSSR count). The van der Waals surface area contributed by atoms with E-state index in [2.05, 4.69) is 20.9 Å². The second-order valence-corrected chi connectivity index (χ2v) is 14.1. The highest BCUT2D eigenvalue weighted by Gasteiger charge is 2.38. The van der Waals surface area contributed by atoms with Crippen molar-refractivity contribution in [1.82, 2.24) is 15.2 Å². The zero-order valence-corrected chi connectivity index (χ0v) is 27.6. The Balaban J connectivity index is 0.000000698. The Labute approximate surface area is 279 Å². The maximum atomic E-state index is 13.8. The van der Waals surface area contributed by atoms with Crippen LogP contribution >= 0.6 is 0 Å². The van der Waals surface area contributed by atoms with Gasteiger partial charge in [-0.25, -0.2) is 18.0 Å². The third kappa shape index (κ3) is 8.56. The molecule has 3 amide bonds. The molecule has 0 radical (unpaired) electrons. The predicted octanol–water partition coefficient (Wildman–Crippen LogP) is 5.10. The number of amides is 3. The molecular weight excluding hydrogens is 667 g/mol. The van der Waals surface area contributed by atoms with Gasteiger partial charge in [0.15, 0.2) is 9.84 Å². The Kier molecular flexibility index (Phi) is 10.7. The quantitative estimate of drug-likeness (QED) is 0.195. The highest BCUT2D eigenvalue weighted by molar-refractivity contribution is 7.92. The topological polar surface area (TPSA) is 178 Å². The number of carbonyl (C=O) groups excluding carboxylic acids is 2. The van der Waals surface area contributed by atoms with Crippen molar-refractivity contribution in [2.75, 3.05) is 17.7 Å². The van der Waals surface area contributed by atoms with E-state index in [9.17, 15) is 36.0 Å². The number of urea groups is 1. The normalized spacial score (nSPS) is 15.4. The van der Waals surface area contributed by atoms with E-state index in [-0.39, 0.29) is 23.0 Å². The van der Waals surface area contributed by atoms with Crippen molar-refractivity contribution in [1.29, 1.82) is 0 Å². The molecule has 12 nitrogen and oxygen atoms in total. The molecule has 4 bridgehead atoms.